The van der Waals surface area contributed by atoms with E-state index in [-0.39, 0.29) is 17.9 Å². The normalized spacial score (nSPS) is 32.3. The van der Waals surface area contributed by atoms with E-state index >= 15 is 0 Å². The molecule has 1 saturated heterocycles. The van der Waals surface area contributed by atoms with Crippen molar-refractivity contribution in [3.63, 3.8) is 0 Å². The highest BCUT2D eigenvalue weighted by molar-refractivity contribution is 6.00. The molecule has 1 aliphatic carbocycles. The van der Waals surface area contributed by atoms with Crippen LogP contribution in [-0.4, -0.2) is 35.8 Å². The Labute approximate surface area is 122 Å². The summed E-state index contributed by atoms with van der Waals surface area (Å²) in [7, 11) is 1.60. The molecule has 0 bridgehead atoms. The van der Waals surface area contributed by atoms with E-state index in [1.165, 1.54) is 49.8 Å². The van der Waals surface area contributed by atoms with Crippen LogP contribution in [0.5, 0.6) is 0 Å². The Bertz CT molecular complexity index is 356. The van der Waals surface area contributed by atoms with Crippen molar-refractivity contribution in [2.24, 2.45) is 5.92 Å². The van der Waals surface area contributed by atoms with Gasteiger partial charge in [0.05, 0.1) is 6.04 Å². The summed E-state index contributed by atoms with van der Waals surface area (Å²) in [6, 6.07) is 0.304. The molecule has 1 N–H and O–H groups in total. The SMILES string of the molecule is CCCC1CCCC(NC2CCC(=O)N(C)C2=O)CC1. The third kappa shape index (κ3) is 3.81. The third-order valence-electron chi connectivity index (χ3n) is 4.87. The van der Waals surface area contributed by atoms with Gasteiger partial charge in [0.1, 0.15) is 0 Å². The van der Waals surface area contributed by atoms with Gasteiger partial charge in [0.2, 0.25) is 11.8 Å². The van der Waals surface area contributed by atoms with Crippen molar-refractivity contribution in [1.29, 1.82) is 0 Å². The molecule has 114 valence electrons. The fourth-order valence-corrected chi connectivity index (χ4v) is 3.60. The van der Waals surface area contributed by atoms with E-state index in [1.54, 1.807) is 7.05 Å². The lowest BCUT2D eigenvalue weighted by Gasteiger charge is -2.31. The molecule has 2 fully saturated rings. The highest BCUT2D eigenvalue weighted by atomic mass is 16.2. The Morgan fingerprint density at radius 1 is 1.15 bits per heavy atom. The third-order valence-corrected chi connectivity index (χ3v) is 4.87. The van der Waals surface area contributed by atoms with Gasteiger partial charge in [0.15, 0.2) is 0 Å². The molecule has 0 aromatic carbocycles. The summed E-state index contributed by atoms with van der Waals surface area (Å²) in [6.45, 7) is 2.26. The number of rotatable bonds is 4. The Kier molecular flexibility index (Phi) is 5.58. The van der Waals surface area contributed by atoms with E-state index in [0.29, 0.717) is 18.9 Å². The summed E-state index contributed by atoms with van der Waals surface area (Å²) in [5, 5.41) is 3.52. The minimum atomic E-state index is -0.148. The zero-order chi connectivity index (χ0) is 14.5. The van der Waals surface area contributed by atoms with Gasteiger partial charge in [0.25, 0.3) is 0 Å². The van der Waals surface area contributed by atoms with E-state index in [4.69, 9.17) is 0 Å². The molecule has 0 aromatic heterocycles. The zero-order valence-corrected chi connectivity index (χ0v) is 12.9. The van der Waals surface area contributed by atoms with Crippen LogP contribution < -0.4 is 5.32 Å². The van der Waals surface area contributed by atoms with Crippen molar-refractivity contribution in [2.45, 2.75) is 76.8 Å². The summed E-state index contributed by atoms with van der Waals surface area (Å²) in [5.41, 5.74) is 0. The standard InChI is InChI=1S/C16H28N2O2/c1-3-5-12-6-4-7-13(9-8-12)17-14-10-11-15(19)18(2)16(14)20/h12-14,17H,3-11H2,1-2H3. The number of piperidine rings is 1. The Hall–Kier alpha value is -0.900. The van der Waals surface area contributed by atoms with Crippen LogP contribution in [0.3, 0.4) is 0 Å². The smallest absolute Gasteiger partial charge is 0.246 e. The lowest BCUT2D eigenvalue weighted by atomic mass is 9.95. The van der Waals surface area contributed by atoms with Crippen molar-refractivity contribution in [3.05, 3.63) is 0 Å². The van der Waals surface area contributed by atoms with Gasteiger partial charge in [-0.15, -0.1) is 0 Å². The van der Waals surface area contributed by atoms with Crippen LogP contribution in [0, 0.1) is 5.92 Å². The molecule has 0 spiro atoms. The Balaban J connectivity index is 1.84. The average molecular weight is 280 g/mol. The topological polar surface area (TPSA) is 49.4 Å². The van der Waals surface area contributed by atoms with E-state index in [0.717, 1.165) is 5.92 Å². The van der Waals surface area contributed by atoms with Crippen LogP contribution in [0.15, 0.2) is 0 Å². The van der Waals surface area contributed by atoms with Gasteiger partial charge in [-0.1, -0.05) is 32.6 Å². The van der Waals surface area contributed by atoms with Gasteiger partial charge in [-0.2, -0.15) is 0 Å². The highest BCUT2D eigenvalue weighted by Crippen LogP contribution is 2.27. The van der Waals surface area contributed by atoms with E-state index in [1.807, 2.05) is 0 Å². The van der Waals surface area contributed by atoms with Crippen molar-refractivity contribution < 1.29 is 9.59 Å². The van der Waals surface area contributed by atoms with Crippen LogP contribution in [0.25, 0.3) is 0 Å². The monoisotopic (exact) mass is 280 g/mol. The second-order valence-electron chi connectivity index (χ2n) is 6.41. The van der Waals surface area contributed by atoms with Crippen molar-refractivity contribution >= 4 is 11.8 Å². The molecule has 3 unspecified atom stereocenters. The van der Waals surface area contributed by atoms with Crippen LogP contribution >= 0.6 is 0 Å². The first-order valence-corrected chi connectivity index (χ1v) is 8.18. The molecule has 0 radical (unpaired) electrons. The summed E-state index contributed by atoms with van der Waals surface area (Å²) in [6.07, 6.45) is 9.99. The first-order valence-electron chi connectivity index (χ1n) is 8.18. The Morgan fingerprint density at radius 3 is 2.70 bits per heavy atom. The molecule has 4 nitrogen and oxygen atoms in total. The number of hydrogen-bond acceptors (Lipinski definition) is 3. The van der Waals surface area contributed by atoms with Crippen molar-refractivity contribution in [1.82, 2.24) is 10.2 Å². The number of likely N-dealkylation sites (N-methyl/N-ethyl adjacent to an activating group) is 1. The molecule has 3 atom stereocenters. The average Bonchev–Trinajstić information content (AvgIpc) is 2.66. The molecule has 2 aliphatic rings. The fourth-order valence-electron chi connectivity index (χ4n) is 3.60. The molecule has 2 rings (SSSR count). The van der Waals surface area contributed by atoms with Crippen LogP contribution in [0.4, 0.5) is 0 Å². The minimum Gasteiger partial charge on any atom is -0.303 e. The number of carbonyl (C=O) groups is 2. The van der Waals surface area contributed by atoms with Gasteiger partial charge in [-0.05, 0) is 31.6 Å². The molecular formula is C16H28N2O2. The molecule has 1 heterocycles. The highest BCUT2D eigenvalue weighted by Gasteiger charge is 2.33. The molecule has 20 heavy (non-hydrogen) atoms. The van der Waals surface area contributed by atoms with Crippen LogP contribution in [0.2, 0.25) is 0 Å². The van der Waals surface area contributed by atoms with Gasteiger partial charge >= 0.3 is 0 Å². The van der Waals surface area contributed by atoms with E-state index in [9.17, 15) is 9.59 Å². The summed E-state index contributed by atoms with van der Waals surface area (Å²) >= 11 is 0. The lowest BCUT2D eigenvalue weighted by Crippen LogP contribution is -2.53. The molecule has 1 saturated carbocycles. The Morgan fingerprint density at radius 2 is 1.95 bits per heavy atom. The van der Waals surface area contributed by atoms with Crippen LogP contribution in [0.1, 0.15) is 64.7 Å². The van der Waals surface area contributed by atoms with Crippen LogP contribution in [-0.2, 0) is 9.59 Å². The number of likely N-dealkylation sites (tertiary alicyclic amines) is 1. The van der Waals surface area contributed by atoms with Gasteiger partial charge in [-0.25, -0.2) is 0 Å². The van der Waals surface area contributed by atoms with Crippen molar-refractivity contribution in [3.8, 4) is 0 Å². The number of nitrogens with zero attached hydrogens (tertiary/aromatic N) is 1. The summed E-state index contributed by atoms with van der Waals surface area (Å²) in [5.74, 6) is 0.783. The molecule has 4 heteroatoms. The van der Waals surface area contributed by atoms with Crippen molar-refractivity contribution in [2.75, 3.05) is 7.05 Å². The molecule has 1 aliphatic heterocycles. The maximum atomic E-state index is 12.1. The number of hydrogen-bond donors (Lipinski definition) is 1. The quantitative estimate of drug-likeness (QED) is 0.636. The predicted octanol–water partition coefficient (Wildman–Crippen LogP) is 2.47. The van der Waals surface area contributed by atoms with Gasteiger partial charge in [-0.3, -0.25) is 14.5 Å². The molecule has 0 aromatic rings. The summed E-state index contributed by atoms with van der Waals surface area (Å²) < 4.78 is 0. The summed E-state index contributed by atoms with van der Waals surface area (Å²) in [4.78, 5) is 24.9. The maximum absolute atomic E-state index is 12.1. The fraction of sp³-hybridized carbons (Fsp3) is 0.875. The first-order chi connectivity index (χ1) is 9.61. The van der Waals surface area contributed by atoms with Gasteiger partial charge < -0.3 is 5.32 Å². The number of nitrogens with one attached hydrogen (secondary N) is 1. The largest absolute Gasteiger partial charge is 0.303 e. The molecular weight excluding hydrogens is 252 g/mol. The minimum absolute atomic E-state index is 0.0445. The van der Waals surface area contributed by atoms with E-state index < -0.39 is 0 Å². The lowest BCUT2D eigenvalue weighted by molar-refractivity contribution is -0.148. The number of imide groups is 1. The van der Waals surface area contributed by atoms with Gasteiger partial charge in [0, 0.05) is 19.5 Å². The first kappa shape index (κ1) is 15.5. The predicted molar refractivity (Wildman–Crippen MR) is 79.2 cm³/mol. The maximum Gasteiger partial charge on any atom is 0.246 e. The second-order valence-corrected chi connectivity index (χ2v) is 6.41. The van der Waals surface area contributed by atoms with E-state index in [2.05, 4.69) is 12.2 Å². The zero-order valence-electron chi connectivity index (χ0n) is 12.9. The molecule has 2 amide bonds. The second kappa shape index (κ2) is 7.21. The number of carbonyl (C=O) groups excluding carboxylic acids is 2. The number of amides is 2.